The van der Waals surface area contributed by atoms with Crippen LogP contribution in [0.4, 0.5) is 5.69 Å². The number of carbonyl (C=O) groups excluding carboxylic acids is 1. The van der Waals surface area contributed by atoms with Gasteiger partial charge in [-0.05, 0) is 29.8 Å². The van der Waals surface area contributed by atoms with Crippen molar-refractivity contribution < 1.29 is 4.79 Å². The number of primary amides is 1. The Morgan fingerprint density at radius 3 is 2.20 bits per heavy atom. The fourth-order valence-electron chi connectivity index (χ4n) is 1.64. The number of carbonyl (C=O) groups is 1. The van der Waals surface area contributed by atoms with Crippen LogP contribution in [-0.4, -0.2) is 5.91 Å². The molecule has 0 atom stereocenters. The SMILES string of the molecule is NC(=O)c1ccc(CNc2cc(Cl)c(Cl)cc2Cl)cc1. The predicted octanol–water partition coefficient (Wildman–Crippen LogP) is 4.36. The van der Waals surface area contributed by atoms with Crippen LogP contribution in [0, 0.1) is 0 Å². The fourth-order valence-corrected chi connectivity index (χ4v) is 2.26. The minimum atomic E-state index is -0.447. The van der Waals surface area contributed by atoms with Crippen molar-refractivity contribution in [1.82, 2.24) is 0 Å². The Kier molecular flexibility index (Phi) is 4.76. The molecule has 2 rings (SSSR count). The van der Waals surface area contributed by atoms with Crippen LogP contribution in [0.3, 0.4) is 0 Å². The van der Waals surface area contributed by atoms with Crippen molar-refractivity contribution in [3.63, 3.8) is 0 Å². The molecule has 0 saturated heterocycles. The summed E-state index contributed by atoms with van der Waals surface area (Å²) in [6, 6.07) is 10.2. The second-order valence-electron chi connectivity index (χ2n) is 4.16. The molecule has 3 N–H and O–H groups in total. The van der Waals surface area contributed by atoms with Gasteiger partial charge in [0.15, 0.2) is 0 Å². The Hall–Kier alpha value is -1.42. The van der Waals surface area contributed by atoms with Crippen LogP contribution in [0.1, 0.15) is 15.9 Å². The second kappa shape index (κ2) is 6.35. The van der Waals surface area contributed by atoms with E-state index in [9.17, 15) is 4.79 Å². The van der Waals surface area contributed by atoms with Crippen LogP contribution in [0.5, 0.6) is 0 Å². The van der Waals surface area contributed by atoms with E-state index in [1.165, 1.54) is 0 Å². The summed E-state index contributed by atoms with van der Waals surface area (Å²) in [6.45, 7) is 0.538. The summed E-state index contributed by atoms with van der Waals surface area (Å²) in [5.41, 5.74) is 7.33. The largest absolute Gasteiger partial charge is 0.380 e. The molecule has 1 amide bonds. The molecule has 0 aliphatic rings. The van der Waals surface area contributed by atoms with Crippen LogP contribution < -0.4 is 11.1 Å². The predicted molar refractivity (Wildman–Crippen MR) is 83.8 cm³/mol. The van der Waals surface area contributed by atoms with E-state index < -0.39 is 5.91 Å². The fraction of sp³-hybridized carbons (Fsp3) is 0.0714. The van der Waals surface area contributed by atoms with E-state index in [2.05, 4.69) is 5.32 Å². The molecule has 2 aromatic rings. The standard InChI is InChI=1S/C14H11Cl3N2O/c15-10-5-12(17)13(6-11(10)16)19-7-8-1-3-9(4-2-8)14(18)20/h1-6,19H,7H2,(H2,18,20). The monoisotopic (exact) mass is 328 g/mol. The van der Waals surface area contributed by atoms with Gasteiger partial charge in [0.1, 0.15) is 0 Å². The molecule has 0 bridgehead atoms. The Morgan fingerprint density at radius 1 is 1.00 bits per heavy atom. The van der Waals surface area contributed by atoms with Gasteiger partial charge in [-0.25, -0.2) is 0 Å². The average Bonchev–Trinajstić information content (AvgIpc) is 2.42. The minimum Gasteiger partial charge on any atom is -0.380 e. The number of anilines is 1. The lowest BCUT2D eigenvalue weighted by Gasteiger charge is -2.10. The smallest absolute Gasteiger partial charge is 0.248 e. The van der Waals surface area contributed by atoms with E-state index in [0.717, 1.165) is 5.56 Å². The lowest BCUT2D eigenvalue weighted by atomic mass is 10.1. The second-order valence-corrected chi connectivity index (χ2v) is 5.38. The van der Waals surface area contributed by atoms with Gasteiger partial charge in [-0.3, -0.25) is 4.79 Å². The van der Waals surface area contributed by atoms with Gasteiger partial charge in [-0.1, -0.05) is 46.9 Å². The molecule has 0 aliphatic heterocycles. The number of hydrogen-bond donors (Lipinski definition) is 2. The van der Waals surface area contributed by atoms with E-state index in [4.69, 9.17) is 40.5 Å². The highest BCUT2D eigenvalue weighted by molar-refractivity contribution is 6.44. The lowest BCUT2D eigenvalue weighted by molar-refractivity contribution is 0.100. The molecule has 0 aliphatic carbocycles. The summed E-state index contributed by atoms with van der Waals surface area (Å²) in [5, 5.41) is 4.49. The Morgan fingerprint density at radius 2 is 1.60 bits per heavy atom. The number of nitrogens with two attached hydrogens (primary N) is 1. The van der Waals surface area contributed by atoms with Crippen molar-refractivity contribution in [2.24, 2.45) is 5.73 Å². The van der Waals surface area contributed by atoms with E-state index >= 15 is 0 Å². The molecule has 0 radical (unpaired) electrons. The average molecular weight is 330 g/mol. The minimum absolute atomic E-state index is 0.410. The van der Waals surface area contributed by atoms with Gasteiger partial charge in [-0.15, -0.1) is 0 Å². The zero-order valence-electron chi connectivity index (χ0n) is 10.3. The van der Waals surface area contributed by atoms with Crippen molar-refractivity contribution in [3.05, 3.63) is 62.6 Å². The first-order chi connectivity index (χ1) is 9.47. The number of nitrogens with one attached hydrogen (secondary N) is 1. The maximum atomic E-state index is 11.0. The van der Waals surface area contributed by atoms with Gasteiger partial charge >= 0.3 is 0 Å². The molecule has 0 fully saturated rings. The number of rotatable bonds is 4. The molecule has 2 aromatic carbocycles. The number of hydrogen-bond acceptors (Lipinski definition) is 2. The molecular weight excluding hydrogens is 319 g/mol. The maximum Gasteiger partial charge on any atom is 0.248 e. The summed E-state index contributed by atoms with van der Waals surface area (Å²) < 4.78 is 0. The van der Waals surface area contributed by atoms with E-state index in [-0.39, 0.29) is 0 Å². The van der Waals surface area contributed by atoms with E-state index in [0.29, 0.717) is 32.9 Å². The highest BCUT2D eigenvalue weighted by Crippen LogP contribution is 2.32. The van der Waals surface area contributed by atoms with Gasteiger partial charge in [-0.2, -0.15) is 0 Å². The third-order valence-electron chi connectivity index (χ3n) is 2.73. The maximum absolute atomic E-state index is 11.0. The van der Waals surface area contributed by atoms with Crippen LogP contribution in [0.25, 0.3) is 0 Å². The summed E-state index contributed by atoms with van der Waals surface area (Å²) in [5.74, 6) is -0.447. The van der Waals surface area contributed by atoms with Crippen LogP contribution >= 0.6 is 34.8 Å². The summed E-state index contributed by atoms with van der Waals surface area (Å²) >= 11 is 17.9. The highest BCUT2D eigenvalue weighted by atomic mass is 35.5. The summed E-state index contributed by atoms with van der Waals surface area (Å²) in [6.07, 6.45) is 0. The molecule has 6 heteroatoms. The van der Waals surface area contributed by atoms with Gasteiger partial charge in [0, 0.05) is 12.1 Å². The molecule has 0 saturated carbocycles. The van der Waals surface area contributed by atoms with Crippen LogP contribution in [0.2, 0.25) is 15.1 Å². The zero-order chi connectivity index (χ0) is 14.7. The van der Waals surface area contributed by atoms with E-state index in [1.54, 1.807) is 24.3 Å². The summed E-state index contributed by atoms with van der Waals surface area (Å²) in [7, 11) is 0. The first-order valence-electron chi connectivity index (χ1n) is 5.74. The molecule has 0 spiro atoms. The molecule has 0 aromatic heterocycles. The third-order valence-corrected chi connectivity index (χ3v) is 3.77. The Bertz CT molecular complexity index is 642. The van der Waals surface area contributed by atoms with Crippen LogP contribution in [-0.2, 0) is 6.54 Å². The van der Waals surface area contributed by atoms with Gasteiger partial charge in [0.25, 0.3) is 0 Å². The topological polar surface area (TPSA) is 55.1 Å². The molecule has 104 valence electrons. The Balaban J connectivity index is 2.09. The Labute approximate surface area is 131 Å². The molecule has 20 heavy (non-hydrogen) atoms. The normalized spacial score (nSPS) is 10.3. The van der Waals surface area contributed by atoms with Crippen molar-refractivity contribution in [1.29, 1.82) is 0 Å². The molecule has 3 nitrogen and oxygen atoms in total. The quantitative estimate of drug-likeness (QED) is 0.819. The lowest BCUT2D eigenvalue weighted by Crippen LogP contribution is -2.10. The first kappa shape index (κ1) is 15.0. The number of amides is 1. The van der Waals surface area contributed by atoms with Crippen molar-refractivity contribution in [2.75, 3.05) is 5.32 Å². The highest BCUT2D eigenvalue weighted by Gasteiger charge is 2.06. The molecule has 0 unspecified atom stereocenters. The van der Waals surface area contributed by atoms with E-state index in [1.807, 2.05) is 12.1 Å². The van der Waals surface area contributed by atoms with Gasteiger partial charge in [0.2, 0.25) is 5.91 Å². The number of benzene rings is 2. The van der Waals surface area contributed by atoms with Gasteiger partial charge < -0.3 is 11.1 Å². The molecule has 0 heterocycles. The van der Waals surface area contributed by atoms with Crippen molar-refractivity contribution in [3.8, 4) is 0 Å². The van der Waals surface area contributed by atoms with Gasteiger partial charge in [0.05, 0.1) is 20.8 Å². The van der Waals surface area contributed by atoms with Crippen molar-refractivity contribution in [2.45, 2.75) is 6.54 Å². The molecular formula is C14H11Cl3N2O. The summed E-state index contributed by atoms with van der Waals surface area (Å²) in [4.78, 5) is 11.0. The zero-order valence-corrected chi connectivity index (χ0v) is 12.6. The third kappa shape index (κ3) is 3.57. The van der Waals surface area contributed by atoms with Crippen LogP contribution in [0.15, 0.2) is 36.4 Å². The first-order valence-corrected chi connectivity index (χ1v) is 6.88. The van der Waals surface area contributed by atoms with Crippen molar-refractivity contribution >= 4 is 46.4 Å². The number of halogens is 3.